The molecule has 0 aliphatic heterocycles. The molecule has 2 heteroatoms. The van der Waals surface area contributed by atoms with Crippen molar-refractivity contribution in [2.45, 2.75) is 13.3 Å². The van der Waals surface area contributed by atoms with E-state index in [-0.39, 0.29) is 0 Å². The quantitative estimate of drug-likeness (QED) is 0.181. The molecule has 0 saturated heterocycles. The second kappa shape index (κ2) is 11.6. The lowest BCUT2D eigenvalue weighted by Crippen LogP contribution is -1.93. The highest BCUT2D eigenvalue weighted by atomic mass is 14.7. The maximum Gasteiger partial charge on any atom is 0.0723 e. The van der Waals surface area contributed by atoms with Gasteiger partial charge in [0.2, 0.25) is 0 Å². The van der Waals surface area contributed by atoms with Gasteiger partial charge in [0.05, 0.1) is 5.69 Å². The van der Waals surface area contributed by atoms with Gasteiger partial charge in [0.25, 0.3) is 0 Å². The second-order valence-corrected chi connectivity index (χ2v) is 12.5. The SMILES string of the molecule is CCc1ccc2cc(-c3c4ccccc4c(-c4ccc(-c5ccnc(-c6cccnc6)c5)c5ccccc45)c4ccccc34)ccc2c1. The van der Waals surface area contributed by atoms with Gasteiger partial charge in [0, 0.05) is 24.2 Å². The molecule has 48 heavy (non-hydrogen) atoms. The van der Waals surface area contributed by atoms with Gasteiger partial charge in [-0.25, -0.2) is 0 Å². The number of rotatable bonds is 5. The number of aryl methyl sites for hydroxylation is 1. The van der Waals surface area contributed by atoms with Crippen molar-refractivity contribution in [2.75, 3.05) is 0 Å². The first-order valence-electron chi connectivity index (χ1n) is 16.6. The lowest BCUT2D eigenvalue weighted by molar-refractivity contribution is 1.15. The Morgan fingerprint density at radius 3 is 1.75 bits per heavy atom. The number of hydrogen-bond acceptors (Lipinski definition) is 2. The number of nitrogens with zero attached hydrogens (tertiary/aromatic N) is 2. The Morgan fingerprint density at radius 2 is 1.06 bits per heavy atom. The molecular weight excluding hydrogens is 581 g/mol. The molecule has 226 valence electrons. The molecule has 0 N–H and O–H groups in total. The maximum atomic E-state index is 4.67. The van der Waals surface area contributed by atoms with E-state index < -0.39 is 0 Å². The highest BCUT2D eigenvalue weighted by Gasteiger charge is 2.19. The number of aromatic nitrogens is 2. The van der Waals surface area contributed by atoms with E-state index in [2.05, 4.69) is 156 Å². The molecule has 0 saturated carbocycles. The molecule has 7 aromatic carbocycles. The molecule has 0 aliphatic carbocycles. The number of benzene rings is 7. The summed E-state index contributed by atoms with van der Waals surface area (Å²) in [5.74, 6) is 0. The van der Waals surface area contributed by atoms with Crippen LogP contribution < -0.4 is 0 Å². The minimum Gasteiger partial charge on any atom is -0.264 e. The molecular formula is C46H32N2. The Bertz CT molecular complexity index is 2600. The zero-order valence-corrected chi connectivity index (χ0v) is 26.7. The summed E-state index contributed by atoms with van der Waals surface area (Å²) in [5, 5.41) is 10.1. The molecule has 0 atom stereocenters. The first-order chi connectivity index (χ1) is 23.8. The van der Waals surface area contributed by atoms with E-state index in [1.165, 1.54) is 76.5 Å². The molecule has 0 bridgehead atoms. The summed E-state index contributed by atoms with van der Waals surface area (Å²) in [6.45, 7) is 2.21. The van der Waals surface area contributed by atoms with Gasteiger partial charge in [-0.15, -0.1) is 0 Å². The normalized spacial score (nSPS) is 11.5. The zero-order chi connectivity index (χ0) is 32.0. The van der Waals surface area contributed by atoms with Crippen LogP contribution in [0.4, 0.5) is 0 Å². The predicted octanol–water partition coefficient (Wildman–Crippen LogP) is 12.3. The van der Waals surface area contributed by atoms with E-state index in [0.717, 1.165) is 23.2 Å². The minimum absolute atomic E-state index is 0.917. The average Bonchev–Trinajstić information content (AvgIpc) is 3.16. The molecule has 0 unspecified atom stereocenters. The van der Waals surface area contributed by atoms with Gasteiger partial charge in [-0.2, -0.15) is 0 Å². The van der Waals surface area contributed by atoms with Crippen LogP contribution in [-0.4, -0.2) is 9.97 Å². The molecule has 0 fully saturated rings. The van der Waals surface area contributed by atoms with Crippen molar-refractivity contribution in [3.8, 4) is 44.6 Å². The summed E-state index contributed by atoms with van der Waals surface area (Å²) >= 11 is 0. The third-order valence-electron chi connectivity index (χ3n) is 9.75. The van der Waals surface area contributed by atoms with E-state index >= 15 is 0 Å². The lowest BCUT2D eigenvalue weighted by Gasteiger charge is -2.20. The Hall–Kier alpha value is -6.12. The second-order valence-electron chi connectivity index (χ2n) is 12.5. The molecule has 2 aromatic heterocycles. The summed E-state index contributed by atoms with van der Waals surface area (Å²) in [6, 6.07) is 53.3. The monoisotopic (exact) mass is 612 g/mol. The first kappa shape index (κ1) is 28.1. The molecule has 9 rings (SSSR count). The standard InChI is InChI=1S/C46H32N2/c1-2-30-17-18-32-27-34(20-19-31(32)26-30)45-39-13-5-7-15-41(39)46(42-16-8-6-14-40(42)45)43-22-21-36(37-11-3-4-12-38(37)43)33-23-25-48-44(28-33)35-10-9-24-47-29-35/h3-29H,2H2,1H3. The number of pyridine rings is 2. The third-order valence-corrected chi connectivity index (χ3v) is 9.75. The average molecular weight is 613 g/mol. The van der Waals surface area contributed by atoms with Crippen molar-refractivity contribution in [3.63, 3.8) is 0 Å². The summed E-state index contributed by atoms with van der Waals surface area (Å²) in [7, 11) is 0. The first-order valence-corrected chi connectivity index (χ1v) is 16.6. The van der Waals surface area contributed by atoms with Gasteiger partial charge in [0.1, 0.15) is 0 Å². The molecule has 0 aliphatic rings. The van der Waals surface area contributed by atoms with Crippen LogP contribution in [0.25, 0.3) is 87.7 Å². The Balaban J connectivity index is 1.29. The van der Waals surface area contributed by atoms with Gasteiger partial charge < -0.3 is 0 Å². The van der Waals surface area contributed by atoms with Crippen LogP contribution >= 0.6 is 0 Å². The van der Waals surface area contributed by atoms with E-state index in [9.17, 15) is 0 Å². The summed E-state index contributed by atoms with van der Waals surface area (Å²) in [4.78, 5) is 8.98. The molecule has 2 nitrogen and oxygen atoms in total. The van der Waals surface area contributed by atoms with E-state index in [4.69, 9.17) is 0 Å². The fourth-order valence-electron chi connectivity index (χ4n) is 7.44. The Kier molecular flexibility index (Phi) is 6.80. The van der Waals surface area contributed by atoms with Gasteiger partial charge in [-0.3, -0.25) is 9.97 Å². The lowest BCUT2D eigenvalue weighted by atomic mass is 9.83. The topological polar surface area (TPSA) is 25.8 Å². The summed E-state index contributed by atoms with van der Waals surface area (Å²) < 4.78 is 0. The third kappa shape index (κ3) is 4.65. The van der Waals surface area contributed by atoms with Crippen LogP contribution in [0.5, 0.6) is 0 Å². The smallest absolute Gasteiger partial charge is 0.0723 e. The van der Waals surface area contributed by atoms with Crippen molar-refractivity contribution >= 4 is 43.1 Å². The Morgan fingerprint density at radius 1 is 0.438 bits per heavy atom. The zero-order valence-electron chi connectivity index (χ0n) is 26.7. The maximum absolute atomic E-state index is 4.67. The number of fused-ring (bicyclic) bond motifs is 4. The Labute approximate surface area is 280 Å². The van der Waals surface area contributed by atoms with E-state index in [0.29, 0.717) is 0 Å². The molecule has 9 aromatic rings. The fraction of sp³-hybridized carbons (Fsp3) is 0.0435. The van der Waals surface area contributed by atoms with Crippen molar-refractivity contribution in [1.29, 1.82) is 0 Å². The molecule has 0 radical (unpaired) electrons. The molecule has 0 amide bonds. The largest absolute Gasteiger partial charge is 0.264 e. The fourth-order valence-corrected chi connectivity index (χ4v) is 7.44. The summed E-state index contributed by atoms with van der Waals surface area (Å²) in [5.41, 5.74) is 10.7. The van der Waals surface area contributed by atoms with Crippen molar-refractivity contribution in [1.82, 2.24) is 9.97 Å². The molecule has 0 spiro atoms. The number of hydrogen-bond donors (Lipinski definition) is 0. The van der Waals surface area contributed by atoms with Gasteiger partial charge >= 0.3 is 0 Å². The minimum atomic E-state index is 0.917. The van der Waals surface area contributed by atoms with E-state index in [1.807, 2.05) is 18.5 Å². The highest BCUT2D eigenvalue weighted by molar-refractivity contribution is 6.24. The summed E-state index contributed by atoms with van der Waals surface area (Å²) in [6.07, 6.45) is 6.60. The van der Waals surface area contributed by atoms with Crippen LogP contribution in [0.1, 0.15) is 12.5 Å². The van der Waals surface area contributed by atoms with Crippen molar-refractivity contribution in [2.24, 2.45) is 0 Å². The van der Waals surface area contributed by atoms with Crippen LogP contribution in [0.15, 0.2) is 164 Å². The van der Waals surface area contributed by atoms with Crippen LogP contribution in [0, 0.1) is 0 Å². The predicted molar refractivity (Wildman–Crippen MR) is 203 cm³/mol. The van der Waals surface area contributed by atoms with Crippen molar-refractivity contribution in [3.05, 3.63) is 170 Å². The van der Waals surface area contributed by atoms with Gasteiger partial charge in [0.15, 0.2) is 0 Å². The van der Waals surface area contributed by atoms with Gasteiger partial charge in [-0.05, 0) is 119 Å². The molecule has 2 heterocycles. The van der Waals surface area contributed by atoms with Gasteiger partial charge in [-0.1, -0.05) is 122 Å². The van der Waals surface area contributed by atoms with E-state index in [1.54, 1.807) is 6.20 Å². The highest BCUT2D eigenvalue weighted by Crippen LogP contribution is 2.46. The van der Waals surface area contributed by atoms with Crippen LogP contribution in [0.2, 0.25) is 0 Å². The van der Waals surface area contributed by atoms with Crippen molar-refractivity contribution < 1.29 is 0 Å². The van der Waals surface area contributed by atoms with Crippen LogP contribution in [-0.2, 0) is 6.42 Å². The van der Waals surface area contributed by atoms with Crippen LogP contribution in [0.3, 0.4) is 0 Å².